The van der Waals surface area contributed by atoms with Gasteiger partial charge in [-0.1, -0.05) is 11.8 Å². The average molecular weight is 262 g/mol. The Hall–Kier alpha value is -2.08. The van der Waals surface area contributed by atoms with Crippen LogP contribution in [0.25, 0.3) is 0 Å². The van der Waals surface area contributed by atoms with Gasteiger partial charge in [0.1, 0.15) is 10.8 Å². The molecule has 0 amide bonds. The summed E-state index contributed by atoms with van der Waals surface area (Å²) in [7, 11) is 1.28. The molecule has 0 aliphatic carbocycles. The van der Waals surface area contributed by atoms with Crippen LogP contribution in [-0.2, 0) is 4.74 Å². The third kappa shape index (κ3) is 2.98. The Bertz CT molecular complexity index is 558. The zero-order valence-corrected chi connectivity index (χ0v) is 10.3. The van der Waals surface area contributed by atoms with Crippen molar-refractivity contribution in [3.8, 4) is 5.75 Å². The van der Waals surface area contributed by atoms with Crippen molar-refractivity contribution in [3.63, 3.8) is 0 Å². The zero-order valence-electron chi connectivity index (χ0n) is 9.53. The van der Waals surface area contributed by atoms with Gasteiger partial charge in [-0.2, -0.15) is 0 Å². The van der Waals surface area contributed by atoms with E-state index in [9.17, 15) is 9.90 Å². The molecule has 18 heavy (non-hydrogen) atoms. The van der Waals surface area contributed by atoms with Gasteiger partial charge in [0.2, 0.25) is 5.82 Å². The predicted octanol–water partition coefficient (Wildman–Crippen LogP) is 2.12. The standard InChI is InChI=1S/C12H10N2O3S/c1-17-12(16)11-13-7-6-10(14-11)18-9-4-2-8(15)3-5-9/h2-7,15H,1H3. The maximum Gasteiger partial charge on any atom is 0.376 e. The van der Waals surface area contributed by atoms with Gasteiger partial charge in [0.25, 0.3) is 0 Å². The second kappa shape index (κ2) is 5.50. The van der Waals surface area contributed by atoms with Crippen LogP contribution in [-0.4, -0.2) is 28.2 Å². The van der Waals surface area contributed by atoms with Crippen LogP contribution in [0.2, 0.25) is 0 Å². The minimum Gasteiger partial charge on any atom is -0.508 e. The van der Waals surface area contributed by atoms with E-state index in [2.05, 4.69) is 14.7 Å². The quantitative estimate of drug-likeness (QED) is 0.674. The Labute approximate surface area is 108 Å². The van der Waals surface area contributed by atoms with Crippen molar-refractivity contribution < 1.29 is 14.6 Å². The van der Waals surface area contributed by atoms with E-state index in [4.69, 9.17) is 0 Å². The lowest BCUT2D eigenvalue weighted by atomic mass is 10.3. The number of methoxy groups -OCH3 is 1. The Morgan fingerprint density at radius 2 is 2.00 bits per heavy atom. The molecule has 5 nitrogen and oxygen atoms in total. The molecule has 92 valence electrons. The Kier molecular flexibility index (Phi) is 3.78. The second-order valence-electron chi connectivity index (χ2n) is 3.31. The Morgan fingerprint density at radius 3 is 2.67 bits per heavy atom. The number of phenols is 1. The van der Waals surface area contributed by atoms with Crippen molar-refractivity contribution >= 4 is 17.7 Å². The predicted molar refractivity (Wildman–Crippen MR) is 65.6 cm³/mol. The van der Waals surface area contributed by atoms with E-state index in [1.54, 1.807) is 30.3 Å². The Balaban J connectivity index is 2.19. The number of nitrogens with zero attached hydrogens (tertiary/aromatic N) is 2. The van der Waals surface area contributed by atoms with Gasteiger partial charge in [-0.15, -0.1) is 0 Å². The molecule has 1 aromatic heterocycles. The molecule has 1 aromatic carbocycles. The third-order valence-electron chi connectivity index (χ3n) is 2.06. The topological polar surface area (TPSA) is 72.3 Å². The summed E-state index contributed by atoms with van der Waals surface area (Å²) in [5, 5.41) is 9.81. The lowest BCUT2D eigenvalue weighted by Crippen LogP contribution is -2.07. The first kappa shape index (κ1) is 12.4. The fourth-order valence-electron chi connectivity index (χ4n) is 1.22. The van der Waals surface area contributed by atoms with E-state index in [1.165, 1.54) is 25.1 Å². The van der Waals surface area contributed by atoms with Crippen LogP contribution in [0.1, 0.15) is 10.6 Å². The van der Waals surface area contributed by atoms with Crippen LogP contribution in [0, 0.1) is 0 Å². The summed E-state index contributed by atoms with van der Waals surface area (Å²) < 4.78 is 4.55. The summed E-state index contributed by atoms with van der Waals surface area (Å²) in [4.78, 5) is 20.1. The number of carbonyl (C=O) groups is 1. The first-order chi connectivity index (χ1) is 8.69. The molecule has 0 bridgehead atoms. The molecule has 0 radical (unpaired) electrons. The highest BCUT2D eigenvalue weighted by atomic mass is 32.2. The summed E-state index contributed by atoms with van der Waals surface area (Å²) in [5.41, 5.74) is 0. The average Bonchev–Trinajstić information content (AvgIpc) is 2.41. The number of aromatic hydroxyl groups is 1. The van der Waals surface area contributed by atoms with Gasteiger partial charge in [-0.05, 0) is 30.3 Å². The van der Waals surface area contributed by atoms with Crippen molar-refractivity contribution in [1.82, 2.24) is 9.97 Å². The molecule has 0 saturated carbocycles. The van der Waals surface area contributed by atoms with Crippen molar-refractivity contribution in [2.45, 2.75) is 9.92 Å². The summed E-state index contributed by atoms with van der Waals surface area (Å²) in [6, 6.07) is 8.40. The van der Waals surface area contributed by atoms with E-state index in [0.717, 1.165) is 4.90 Å². The molecule has 0 aliphatic rings. The number of benzene rings is 1. The molecule has 2 aromatic rings. The summed E-state index contributed by atoms with van der Waals surface area (Å²) in [6.07, 6.45) is 1.50. The van der Waals surface area contributed by atoms with E-state index in [-0.39, 0.29) is 11.6 Å². The number of ether oxygens (including phenoxy) is 1. The summed E-state index contributed by atoms with van der Waals surface area (Å²) >= 11 is 1.37. The lowest BCUT2D eigenvalue weighted by molar-refractivity contribution is 0.0585. The number of phenolic OH excluding ortho intramolecular Hbond substituents is 1. The normalized spacial score (nSPS) is 10.1. The van der Waals surface area contributed by atoms with Gasteiger partial charge in [0, 0.05) is 11.1 Å². The molecule has 1 N–H and O–H groups in total. The first-order valence-electron chi connectivity index (χ1n) is 5.07. The molecular weight excluding hydrogens is 252 g/mol. The van der Waals surface area contributed by atoms with Crippen LogP contribution in [0.5, 0.6) is 5.75 Å². The lowest BCUT2D eigenvalue weighted by Gasteiger charge is -2.02. The highest BCUT2D eigenvalue weighted by Crippen LogP contribution is 2.26. The van der Waals surface area contributed by atoms with Crippen molar-refractivity contribution in [2.24, 2.45) is 0 Å². The van der Waals surface area contributed by atoms with Gasteiger partial charge < -0.3 is 9.84 Å². The van der Waals surface area contributed by atoms with Crippen molar-refractivity contribution in [3.05, 3.63) is 42.4 Å². The molecule has 0 aliphatic heterocycles. The number of esters is 1. The number of hydrogen-bond donors (Lipinski definition) is 1. The van der Waals surface area contributed by atoms with Crippen molar-refractivity contribution in [2.75, 3.05) is 7.11 Å². The SMILES string of the molecule is COC(=O)c1nccc(Sc2ccc(O)cc2)n1. The highest BCUT2D eigenvalue weighted by Gasteiger charge is 2.10. The third-order valence-corrected chi connectivity index (χ3v) is 3.00. The highest BCUT2D eigenvalue weighted by molar-refractivity contribution is 7.99. The summed E-state index contributed by atoms with van der Waals surface area (Å²) in [6.45, 7) is 0. The van der Waals surface area contributed by atoms with Crippen LogP contribution < -0.4 is 0 Å². The van der Waals surface area contributed by atoms with Gasteiger partial charge in [0.05, 0.1) is 7.11 Å². The van der Waals surface area contributed by atoms with Gasteiger partial charge in [-0.3, -0.25) is 0 Å². The largest absolute Gasteiger partial charge is 0.508 e. The van der Waals surface area contributed by atoms with E-state index in [1.807, 2.05) is 0 Å². The van der Waals surface area contributed by atoms with E-state index in [0.29, 0.717) is 5.03 Å². The molecule has 0 saturated heterocycles. The van der Waals surface area contributed by atoms with Gasteiger partial charge >= 0.3 is 5.97 Å². The molecule has 1 heterocycles. The van der Waals surface area contributed by atoms with Gasteiger partial charge in [-0.25, -0.2) is 14.8 Å². The molecular formula is C12H10N2O3S. The first-order valence-corrected chi connectivity index (χ1v) is 5.89. The second-order valence-corrected chi connectivity index (χ2v) is 4.40. The molecule has 2 rings (SSSR count). The van der Waals surface area contributed by atoms with E-state index < -0.39 is 5.97 Å². The number of carbonyl (C=O) groups excluding carboxylic acids is 1. The van der Waals surface area contributed by atoms with Crippen LogP contribution >= 0.6 is 11.8 Å². The zero-order chi connectivity index (χ0) is 13.0. The minimum absolute atomic E-state index is 0.0290. The number of rotatable bonds is 3. The molecule has 0 unspecified atom stereocenters. The smallest absolute Gasteiger partial charge is 0.376 e. The molecule has 0 fully saturated rings. The monoisotopic (exact) mass is 262 g/mol. The summed E-state index contributed by atoms with van der Waals surface area (Å²) in [5.74, 6) is -0.332. The van der Waals surface area contributed by atoms with Crippen LogP contribution in [0.3, 0.4) is 0 Å². The van der Waals surface area contributed by atoms with Crippen LogP contribution in [0.4, 0.5) is 0 Å². The number of hydrogen-bond acceptors (Lipinski definition) is 6. The van der Waals surface area contributed by atoms with Crippen LogP contribution in [0.15, 0.2) is 46.5 Å². The van der Waals surface area contributed by atoms with E-state index >= 15 is 0 Å². The maximum absolute atomic E-state index is 11.3. The minimum atomic E-state index is -0.567. The fourth-order valence-corrected chi connectivity index (χ4v) is 2.00. The van der Waals surface area contributed by atoms with Crippen molar-refractivity contribution in [1.29, 1.82) is 0 Å². The molecule has 0 atom stereocenters. The Morgan fingerprint density at radius 1 is 1.28 bits per heavy atom. The maximum atomic E-state index is 11.3. The number of aromatic nitrogens is 2. The fraction of sp³-hybridized carbons (Fsp3) is 0.0833. The molecule has 0 spiro atoms. The van der Waals surface area contributed by atoms with Gasteiger partial charge in [0.15, 0.2) is 0 Å². The molecule has 6 heteroatoms.